The van der Waals surface area contributed by atoms with Gasteiger partial charge in [0.05, 0.1) is 18.1 Å². The Hall–Kier alpha value is -3.00. The van der Waals surface area contributed by atoms with E-state index < -0.39 is 5.82 Å². The first kappa shape index (κ1) is 14.0. The van der Waals surface area contributed by atoms with Crippen LogP contribution in [0.25, 0.3) is 11.4 Å². The van der Waals surface area contributed by atoms with Crippen LogP contribution < -0.4 is 0 Å². The molecule has 0 saturated heterocycles. The number of halogens is 1. The average molecular weight is 293 g/mol. The normalized spacial score (nSPS) is 10.4. The van der Waals surface area contributed by atoms with Crippen LogP contribution in [0.3, 0.4) is 0 Å². The molecule has 4 nitrogen and oxygen atoms in total. The molecule has 0 N–H and O–H groups in total. The van der Waals surface area contributed by atoms with Crippen molar-refractivity contribution >= 4 is 0 Å². The van der Waals surface area contributed by atoms with E-state index in [1.165, 1.54) is 6.07 Å². The van der Waals surface area contributed by atoms with Crippen LogP contribution in [0.5, 0.6) is 0 Å². The topological polar surface area (TPSA) is 62.7 Å². The highest BCUT2D eigenvalue weighted by molar-refractivity contribution is 5.54. The van der Waals surface area contributed by atoms with Crippen molar-refractivity contribution in [1.29, 1.82) is 5.26 Å². The molecule has 3 aromatic rings. The van der Waals surface area contributed by atoms with Gasteiger partial charge in [-0.15, -0.1) is 0 Å². The van der Waals surface area contributed by atoms with Crippen molar-refractivity contribution < 1.29 is 8.91 Å². The number of benzene rings is 2. The fourth-order valence-corrected chi connectivity index (χ4v) is 2.07. The van der Waals surface area contributed by atoms with Crippen molar-refractivity contribution in [1.82, 2.24) is 10.1 Å². The van der Waals surface area contributed by atoms with Crippen LogP contribution >= 0.6 is 0 Å². The van der Waals surface area contributed by atoms with Gasteiger partial charge in [-0.25, -0.2) is 4.39 Å². The number of hydrogen-bond acceptors (Lipinski definition) is 4. The number of nitriles is 1. The molecule has 1 aromatic heterocycles. The van der Waals surface area contributed by atoms with E-state index in [1.54, 1.807) is 12.1 Å². The Kier molecular flexibility index (Phi) is 3.67. The Balaban J connectivity index is 1.83. The molecule has 0 bridgehead atoms. The zero-order valence-corrected chi connectivity index (χ0v) is 11.9. The van der Waals surface area contributed by atoms with Crippen molar-refractivity contribution in [2.75, 3.05) is 0 Å². The van der Waals surface area contributed by atoms with E-state index in [0.717, 1.165) is 11.1 Å². The van der Waals surface area contributed by atoms with Crippen LogP contribution in [0.15, 0.2) is 47.0 Å². The Bertz CT molecular complexity index is 847. The molecule has 0 unspecified atom stereocenters. The third-order valence-corrected chi connectivity index (χ3v) is 3.30. The average Bonchev–Trinajstić information content (AvgIpc) is 2.98. The van der Waals surface area contributed by atoms with Gasteiger partial charge in [-0.05, 0) is 24.6 Å². The second-order valence-corrected chi connectivity index (χ2v) is 4.97. The van der Waals surface area contributed by atoms with Gasteiger partial charge in [0, 0.05) is 5.56 Å². The minimum Gasteiger partial charge on any atom is -0.339 e. The van der Waals surface area contributed by atoms with E-state index in [-0.39, 0.29) is 12.0 Å². The van der Waals surface area contributed by atoms with Crippen molar-refractivity contribution in [2.45, 2.75) is 13.3 Å². The number of nitrogens with zero attached hydrogens (tertiary/aromatic N) is 3. The maximum atomic E-state index is 13.9. The van der Waals surface area contributed by atoms with E-state index in [2.05, 4.69) is 10.1 Å². The number of rotatable bonds is 3. The first-order valence-corrected chi connectivity index (χ1v) is 6.74. The lowest BCUT2D eigenvalue weighted by Crippen LogP contribution is -1.94. The van der Waals surface area contributed by atoms with E-state index >= 15 is 0 Å². The van der Waals surface area contributed by atoms with Crippen molar-refractivity contribution in [3.05, 3.63) is 70.9 Å². The van der Waals surface area contributed by atoms with Gasteiger partial charge in [0.15, 0.2) is 0 Å². The van der Waals surface area contributed by atoms with Gasteiger partial charge in [0.25, 0.3) is 0 Å². The molecule has 0 spiro atoms. The Morgan fingerprint density at radius 1 is 1.18 bits per heavy atom. The lowest BCUT2D eigenvalue weighted by Gasteiger charge is -1.99. The molecule has 3 rings (SSSR count). The molecule has 0 aliphatic heterocycles. The van der Waals surface area contributed by atoms with E-state index in [9.17, 15) is 4.39 Å². The molecule has 108 valence electrons. The summed E-state index contributed by atoms with van der Waals surface area (Å²) in [5.74, 6) is 0.359. The highest BCUT2D eigenvalue weighted by atomic mass is 19.1. The van der Waals surface area contributed by atoms with Crippen LogP contribution in [0, 0.1) is 24.1 Å². The summed E-state index contributed by atoms with van der Waals surface area (Å²) in [4.78, 5) is 4.28. The molecule has 0 fully saturated rings. The molecular weight excluding hydrogens is 281 g/mol. The minimum atomic E-state index is -0.450. The molecule has 0 saturated carbocycles. The van der Waals surface area contributed by atoms with Crippen molar-refractivity contribution in [3.8, 4) is 17.5 Å². The summed E-state index contributed by atoms with van der Waals surface area (Å²) in [5, 5.41) is 12.6. The maximum absolute atomic E-state index is 13.9. The van der Waals surface area contributed by atoms with Gasteiger partial charge < -0.3 is 4.52 Å². The SMILES string of the molecule is Cc1ccc(-c2noc(Cc3ccc(C#N)cc3F)n2)cc1. The van der Waals surface area contributed by atoms with E-state index in [0.29, 0.717) is 17.3 Å². The zero-order valence-electron chi connectivity index (χ0n) is 11.9. The number of hydrogen-bond donors (Lipinski definition) is 0. The summed E-state index contributed by atoms with van der Waals surface area (Å²) in [6, 6.07) is 14.0. The standard InChI is InChI=1S/C17H12FN3O/c1-11-2-5-13(6-3-11)17-20-16(22-21-17)9-14-7-4-12(10-19)8-15(14)18/h2-8H,9H2,1H3. The Morgan fingerprint density at radius 3 is 2.64 bits per heavy atom. The van der Waals surface area contributed by atoms with Crippen LogP contribution in [-0.4, -0.2) is 10.1 Å². The predicted molar refractivity (Wildman–Crippen MR) is 78.4 cm³/mol. The fourth-order valence-electron chi connectivity index (χ4n) is 2.07. The molecule has 0 radical (unpaired) electrons. The smallest absolute Gasteiger partial charge is 0.231 e. The lowest BCUT2D eigenvalue weighted by molar-refractivity contribution is 0.384. The molecule has 0 amide bonds. The summed E-state index contributed by atoms with van der Waals surface area (Å²) in [7, 11) is 0. The quantitative estimate of drug-likeness (QED) is 0.739. The maximum Gasteiger partial charge on any atom is 0.231 e. The van der Waals surface area contributed by atoms with Gasteiger partial charge in [-0.1, -0.05) is 41.1 Å². The lowest BCUT2D eigenvalue weighted by atomic mass is 10.1. The second kappa shape index (κ2) is 5.78. The highest BCUT2D eigenvalue weighted by Crippen LogP contribution is 2.19. The second-order valence-electron chi connectivity index (χ2n) is 4.97. The van der Waals surface area contributed by atoms with Gasteiger partial charge in [0.1, 0.15) is 5.82 Å². The summed E-state index contributed by atoms with van der Waals surface area (Å²) in [6.07, 6.45) is 0.191. The molecule has 2 aromatic carbocycles. The Morgan fingerprint density at radius 2 is 1.95 bits per heavy atom. The molecule has 0 atom stereocenters. The highest BCUT2D eigenvalue weighted by Gasteiger charge is 2.12. The first-order valence-electron chi connectivity index (χ1n) is 6.74. The predicted octanol–water partition coefficient (Wildman–Crippen LogP) is 3.65. The molecule has 0 aliphatic rings. The number of aryl methyl sites for hydroxylation is 1. The van der Waals surface area contributed by atoms with Crippen LogP contribution in [0.1, 0.15) is 22.6 Å². The van der Waals surface area contributed by atoms with Crippen LogP contribution in [0.4, 0.5) is 4.39 Å². The van der Waals surface area contributed by atoms with Crippen LogP contribution in [-0.2, 0) is 6.42 Å². The van der Waals surface area contributed by atoms with Gasteiger partial charge in [-0.2, -0.15) is 10.2 Å². The van der Waals surface area contributed by atoms with Crippen molar-refractivity contribution in [3.63, 3.8) is 0 Å². The molecule has 22 heavy (non-hydrogen) atoms. The monoisotopic (exact) mass is 293 g/mol. The third kappa shape index (κ3) is 2.86. The summed E-state index contributed by atoms with van der Waals surface area (Å²) in [6.45, 7) is 2.00. The van der Waals surface area contributed by atoms with E-state index in [1.807, 2.05) is 37.3 Å². The van der Waals surface area contributed by atoms with E-state index in [4.69, 9.17) is 9.78 Å². The minimum absolute atomic E-state index is 0.191. The molecular formula is C17H12FN3O. The number of aromatic nitrogens is 2. The molecule has 1 heterocycles. The van der Waals surface area contributed by atoms with Gasteiger partial charge in [0.2, 0.25) is 11.7 Å². The van der Waals surface area contributed by atoms with Crippen LogP contribution in [0.2, 0.25) is 0 Å². The molecule has 0 aliphatic carbocycles. The molecule has 5 heteroatoms. The van der Waals surface area contributed by atoms with Gasteiger partial charge in [-0.3, -0.25) is 0 Å². The Labute approximate surface area is 126 Å². The zero-order chi connectivity index (χ0) is 15.5. The van der Waals surface area contributed by atoms with Gasteiger partial charge >= 0.3 is 0 Å². The van der Waals surface area contributed by atoms with Crippen molar-refractivity contribution in [2.24, 2.45) is 0 Å². The first-order chi connectivity index (χ1) is 10.7. The summed E-state index contributed by atoms with van der Waals surface area (Å²) in [5.41, 5.74) is 2.69. The fraction of sp³-hybridized carbons (Fsp3) is 0.118. The summed E-state index contributed by atoms with van der Waals surface area (Å²) < 4.78 is 19.0. The summed E-state index contributed by atoms with van der Waals surface area (Å²) >= 11 is 0. The largest absolute Gasteiger partial charge is 0.339 e. The third-order valence-electron chi connectivity index (χ3n) is 3.30.